The van der Waals surface area contributed by atoms with Gasteiger partial charge in [-0.3, -0.25) is 0 Å². The fraction of sp³-hybridized carbons (Fsp3) is 0.412. The summed E-state index contributed by atoms with van der Waals surface area (Å²) in [5.74, 6) is 3.29. The van der Waals surface area contributed by atoms with Crippen molar-refractivity contribution < 1.29 is 9.47 Å². The van der Waals surface area contributed by atoms with Crippen molar-refractivity contribution in [3.05, 3.63) is 36.5 Å². The smallest absolute Gasteiger partial charge is 0.227 e. The molecule has 1 aromatic carbocycles. The van der Waals surface area contributed by atoms with Crippen molar-refractivity contribution in [2.45, 2.75) is 12.8 Å². The van der Waals surface area contributed by atoms with E-state index in [9.17, 15) is 0 Å². The van der Waals surface area contributed by atoms with Gasteiger partial charge in [-0.25, -0.2) is 4.98 Å². The van der Waals surface area contributed by atoms with E-state index in [-0.39, 0.29) is 0 Å². The number of nitrogens with zero attached hydrogens (tertiary/aromatic N) is 3. The Balaban J connectivity index is 1.45. The normalized spacial score (nSPS) is 13.9. The molecule has 1 fully saturated rings. The minimum Gasteiger partial charge on any atom is -0.497 e. The van der Waals surface area contributed by atoms with Crippen molar-refractivity contribution in [2.75, 3.05) is 43.6 Å². The number of nitrogens with one attached hydrogen (secondary N) is 1. The number of hydrogen-bond acceptors (Lipinski definition) is 6. The van der Waals surface area contributed by atoms with Crippen molar-refractivity contribution in [1.29, 1.82) is 0 Å². The highest BCUT2D eigenvalue weighted by molar-refractivity contribution is 5.41. The highest BCUT2D eigenvalue weighted by Crippen LogP contribution is 2.18. The zero-order chi connectivity index (χ0) is 15.9. The van der Waals surface area contributed by atoms with Crippen LogP contribution in [0.3, 0.4) is 0 Å². The van der Waals surface area contributed by atoms with Crippen LogP contribution >= 0.6 is 0 Å². The molecule has 122 valence electrons. The standard InChI is InChI=1S/C17H22N4O2/c1-22-14-4-6-15(7-5-14)23-13-10-18-16-8-9-19-17(20-16)21-11-2-3-12-21/h4-9H,2-3,10-13H2,1H3,(H,18,19,20). The van der Waals surface area contributed by atoms with Crippen molar-refractivity contribution >= 4 is 11.8 Å². The molecule has 23 heavy (non-hydrogen) atoms. The monoisotopic (exact) mass is 314 g/mol. The molecule has 1 aromatic heterocycles. The van der Waals surface area contributed by atoms with Crippen LogP contribution in [0.4, 0.5) is 11.8 Å². The second kappa shape index (κ2) is 7.67. The van der Waals surface area contributed by atoms with E-state index in [1.807, 2.05) is 30.3 Å². The van der Waals surface area contributed by atoms with E-state index in [0.717, 1.165) is 36.4 Å². The van der Waals surface area contributed by atoms with Gasteiger partial charge >= 0.3 is 0 Å². The third kappa shape index (κ3) is 4.25. The number of benzene rings is 1. The summed E-state index contributed by atoms with van der Waals surface area (Å²) >= 11 is 0. The first-order chi connectivity index (χ1) is 11.3. The van der Waals surface area contributed by atoms with Crippen LogP contribution in [0.2, 0.25) is 0 Å². The summed E-state index contributed by atoms with van der Waals surface area (Å²) in [5, 5.41) is 3.27. The fourth-order valence-corrected chi connectivity index (χ4v) is 2.54. The van der Waals surface area contributed by atoms with Crippen LogP contribution in [0.25, 0.3) is 0 Å². The van der Waals surface area contributed by atoms with Crippen LogP contribution in [-0.4, -0.2) is 43.3 Å². The Hall–Kier alpha value is -2.50. The summed E-state index contributed by atoms with van der Waals surface area (Å²) < 4.78 is 10.8. The van der Waals surface area contributed by atoms with Gasteiger partial charge in [-0.15, -0.1) is 0 Å². The Kier molecular flexibility index (Phi) is 5.13. The first-order valence-corrected chi connectivity index (χ1v) is 7.94. The van der Waals surface area contributed by atoms with Gasteiger partial charge in [0.25, 0.3) is 0 Å². The highest BCUT2D eigenvalue weighted by atomic mass is 16.5. The lowest BCUT2D eigenvalue weighted by Crippen LogP contribution is -2.21. The Morgan fingerprint density at radius 3 is 2.57 bits per heavy atom. The number of aromatic nitrogens is 2. The molecule has 2 heterocycles. The second-order valence-electron chi connectivity index (χ2n) is 5.39. The maximum atomic E-state index is 5.69. The molecule has 0 amide bonds. The fourth-order valence-electron chi connectivity index (χ4n) is 2.54. The van der Waals surface area contributed by atoms with E-state index >= 15 is 0 Å². The molecule has 1 saturated heterocycles. The lowest BCUT2D eigenvalue weighted by atomic mass is 10.3. The number of methoxy groups -OCH3 is 1. The highest BCUT2D eigenvalue weighted by Gasteiger charge is 2.14. The van der Waals surface area contributed by atoms with E-state index in [1.54, 1.807) is 13.3 Å². The van der Waals surface area contributed by atoms with Crippen molar-refractivity contribution in [3.8, 4) is 11.5 Å². The molecule has 0 atom stereocenters. The van der Waals surface area contributed by atoms with Gasteiger partial charge in [0.2, 0.25) is 5.95 Å². The van der Waals surface area contributed by atoms with Gasteiger partial charge in [0.05, 0.1) is 13.7 Å². The van der Waals surface area contributed by atoms with Gasteiger partial charge in [-0.2, -0.15) is 4.98 Å². The number of anilines is 2. The van der Waals surface area contributed by atoms with Crippen LogP contribution in [0, 0.1) is 0 Å². The van der Waals surface area contributed by atoms with E-state index in [2.05, 4.69) is 20.2 Å². The largest absolute Gasteiger partial charge is 0.497 e. The summed E-state index contributed by atoms with van der Waals surface area (Å²) in [6, 6.07) is 9.45. The number of hydrogen-bond donors (Lipinski definition) is 1. The molecule has 2 aromatic rings. The quantitative estimate of drug-likeness (QED) is 0.793. The van der Waals surface area contributed by atoms with Gasteiger partial charge in [0.1, 0.15) is 23.9 Å². The van der Waals surface area contributed by atoms with Crippen LogP contribution < -0.4 is 19.7 Å². The van der Waals surface area contributed by atoms with Gasteiger partial charge in [-0.1, -0.05) is 0 Å². The summed E-state index contributed by atoms with van der Waals surface area (Å²) in [4.78, 5) is 11.1. The van der Waals surface area contributed by atoms with Crippen molar-refractivity contribution in [3.63, 3.8) is 0 Å². The number of ether oxygens (including phenoxy) is 2. The molecule has 1 N–H and O–H groups in total. The molecule has 3 rings (SSSR count). The predicted molar refractivity (Wildman–Crippen MR) is 90.5 cm³/mol. The first-order valence-electron chi connectivity index (χ1n) is 7.94. The van der Waals surface area contributed by atoms with Crippen molar-refractivity contribution in [1.82, 2.24) is 9.97 Å². The Morgan fingerprint density at radius 2 is 1.83 bits per heavy atom. The Morgan fingerprint density at radius 1 is 1.09 bits per heavy atom. The van der Waals surface area contributed by atoms with Gasteiger partial charge in [0.15, 0.2) is 0 Å². The lowest BCUT2D eigenvalue weighted by Gasteiger charge is -2.15. The molecule has 6 nitrogen and oxygen atoms in total. The molecule has 6 heteroatoms. The third-order valence-corrected chi connectivity index (χ3v) is 3.77. The third-order valence-electron chi connectivity index (χ3n) is 3.77. The summed E-state index contributed by atoms with van der Waals surface area (Å²) in [6.45, 7) is 3.34. The zero-order valence-electron chi connectivity index (χ0n) is 13.4. The van der Waals surface area contributed by atoms with E-state index in [1.165, 1.54) is 12.8 Å². The SMILES string of the molecule is COc1ccc(OCCNc2ccnc(N3CCCC3)n2)cc1. The summed E-state index contributed by atoms with van der Waals surface area (Å²) in [6.07, 6.45) is 4.24. The molecule has 1 aliphatic heterocycles. The van der Waals surface area contributed by atoms with Gasteiger partial charge in [-0.05, 0) is 43.2 Å². The molecule has 0 bridgehead atoms. The molecule has 0 unspecified atom stereocenters. The Labute approximate surface area is 136 Å². The van der Waals surface area contributed by atoms with Gasteiger partial charge in [0, 0.05) is 19.3 Å². The van der Waals surface area contributed by atoms with Crippen molar-refractivity contribution in [2.24, 2.45) is 0 Å². The Bertz CT molecular complexity index is 612. The first kappa shape index (κ1) is 15.4. The predicted octanol–water partition coefficient (Wildman–Crippen LogP) is 2.58. The van der Waals surface area contributed by atoms with Crippen LogP contribution in [0.1, 0.15) is 12.8 Å². The van der Waals surface area contributed by atoms with Gasteiger partial charge < -0.3 is 19.7 Å². The zero-order valence-corrected chi connectivity index (χ0v) is 13.4. The average molecular weight is 314 g/mol. The molecule has 0 saturated carbocycles. The second-order valence-corrected chi connectivity index (χ2v) is 5.39. The van der Waals surface area contributed by atoms with Crippen LogP contribution in [0.15, 0.2) is 36.5 Å². The minimum absolute atomic E-state index is 0.565. The van der Waals surface area contributed by atoms with E-state index in [0.29, 0.717) is 13.2 Å². The molecule has 1 aliphatic rings. The van der Waals surface area contributed by atoms with Crippen LogP contribution in [-0.2, 0) is 0 Å². The maximum absolute atomic E-state index is 5.69. The lowest BCUT2D eigenvalue weighted by molar-refractivity contribution is 0.331. The molecule has 0 aliphatic carbocycles. The summed E-state index contributed by atoms with van der Waals surface area (Å²) in [7, 11) is 1.65. The van der Waals surface area contributed by atoms with Crippen LogP contribution in [0.5, 0.6) is 11.5 Å². The minimum atomic E-state index is 0.565. The maximum Gasteiger partial charge on any atom is 0.227 e. The number of rotatable bonds is 7. The molecular formula is C17H22N4O2. The van der Waals surface area contributed by atoms with E-state index in [4.69, 9.17) is 9.47 Å². The average Bonchev–Trinajstić information content (AvgIpc) is 3.14. The topological polar surface area (TPSA) is 59.5 Å². The molecular weight excluding hydrogens is 292 g/mol. The van der Waals surface area contributed by atoms with E-state index < -0.39 is 0 Å². The summed E-state index contributed by atoms with van der Waals surface area (Å²) in [5.41, 5.74) is 0. The molecule has 0 spiro atoms. The molecule has 0 radical (unpaired) electrons.